The van der Waals surface area contributed by atoms with E-state index in [1.54, 1.807) is 0 Å². The van der Waals surface area contributed by atoms with Gasteiger partial charge >= 0.3 is 5.97 Å². The zero-order chi connectivity index (χ0) is 11.5. The first-order chi connectivity index (χ1) is 7.68. The first kappa shape index (κ1) is 10.6. The molecule has 3 N–H and O–H groups in total. The van der Waals surface area contributed by atoms with Crippen LogP contribution in [0.2, 0.25) is 0 Å². The van der Waals surface area contributed by atoms with Gasteiger partial charge in [0.1, 0.15) is 0 Å². The van der Waals surface area contributed by atoms with Crippen LogP contribution >= 0.6 is 0 Å². The Morgan fingerprint density at radius 2 is 2.25 bits per heavy atom. The van der Waals surface area contributed by atoms with E-state index in [1.807, 2.05) is 6.08 Å². The quantitative estimate of drug-likeness (QED) is 0.675. The number of rotatable bonds is 2. The van der Waals surface area contributed by atoms with E-state index < -0.39 is 11.5 Å². The molecule has 5 heteroatoms. The van der Waals surface area contributed by atoms with Gasteiger partial charge in [0.05, 0.1) is 5.56 Å². The normalized spacial score (nSPS) is 15.6. The third-order valence-electron chi connectivity index (χ3n) is 2.56. The molecule has 0 fully saturated rings. The molecule has 2 heterocycles. The molecule has 0 unspecified atom stereocenters. The molecular formula is C11H12N2O3. The summed E-state index contributed by atoms with van der Waals surface area (Å²) in [5.41, 5.74) is 1.24. The van der Waals surface area contributed by atoms with Gasteiger partial charge in [-0.05, 0) is 18.5 Å². The molecule has 5 nitrogen and oxygen atoms in total. The Kier molecular flexibility index (Phi) is 2.87. The Balaban J connectivity index is 2.51. The summed E-state index contributed by atoms with van der Waals surface area (Å²) in [6.07, 6.45) is 4.19. The standard InChI is InChI=1S/C11H12N2O3/c14-10-5-8(11(15)16)9(6-13-10)7-1-3-12-4-2-7/h1,5-6,12H,2-4H2,(H,13,14)(H,15,16). The lowest BCUT2D eigenvalue weighted by Gasteiger charge is -2.15. The van der Waals surface area contributed by atoms with Gasteiger partial charge in [-0.1, -0.05) is 6.08 Å². The molecule has 0 bridgehead atoms. The van der Waals surface area contributed by atoms with Gasteiger partial charge in [-0.25, -0.2) is 4.79 Å². The molecule has 0 aliphatic carbocycles. The third-order valence-corrected chi connectivity index (χ3v) is 2.56. The number of H-pyrrole nitrogens is 1. The minimum absolute atomic E-state index is 0.0666. The fraction of sp³-hybridized carbons (Fsp3) is 0.273. The van der Waals surface area contributed by atoms with Crippen molar-refractivity contribution in [2.45, 2.75) is 6.42 Å². The lowest BCUT2D eigenvalue weighted by molar-refractivity contribution is 0.0696. The fourth-order valence-corrected chi connectivity index (χ4v) is 1.78. The zero-order valence-electron chi connectivity index (χ0n) is 8.62. The summed E-state index contributed by atoms with van der Waals surface area (Å²) < 4.78 is 0. The fourth-order valence-electron chi connectivity index (χ4n) is 1.78. The Hall–Kier alpha value is -1.88. The Bertz CT molecular complexity index is 502. The molecule has 0 amide bonds. The van der Waals surface area contributed by atoms with Gasteiger partial charge in [-0.15, -0.1) is 0 Å². The van der Waals surface area contributed by atoms with Crippen molar-refractivity contribution in [2.75, 3.05) is 13.1 Å². The minimum atomic E-state index is -1.07. The second kappa shape index (κ2) is 4.32. The van der Waals surface area contributed by atoms with Crippen molar-refractivity contribution in [3.8, 4) is 0 Å². The first-order valence-electron chi connectivity index (χ1n) is 5.04. The van der Waals surface area contributed by atoms with Crippen LogP contribution in [-0.2, 0) is 0 Å². The van der Waals surface area contributed by atoms with E-state index in [-0.39, 0.29) is 5.56 Å². The summed E-state index contributed by atoms with van der Waals surface area (Å²) in [5, 5.41) is 12.2. The van der Waals surface area contributed by atoms with E-state index in [2.05, 4.69) is 10.3 Å². The number of nitrogens with one attached hydrogen (secondary N) is 2. The highest BCUT2D eigenvalue weighted by atomic mass is 16.4. The van der Waals surface area contributed by atoms with E-state index in [1.165, 1.54) is 6.20 Å². The van der Waals surface area contributed by atoms with Crippen LogP contribution in [0, 0.1) is 0 Å². The average molecular weight is 220 g/mol. The summed E-state index contributed by atoms with van der Waals surface area (Å²) in [7, 11) is 0. The predicted octanol–water partition coefficient (Wildman–Crippen LogP) is 0.450. The third kappa shape index (κ3) is 2.04. The van der Waals surface area contributed by atoms with Crippen LogP contribution in [0.4, 0.5) is 0 Å². The number of carboxylic acid groups (broad SMARTS) is 1. The Morgan fingerprint density at radius 1 is 1.44 bits per heavy atom. The maximum atomic E-state index is 11.1. The molecule has 1 aromatic heterocycles. The van der Waals surface area contributed by atoms with Gasteiger partial charge in [-0.2, -0.15) is 0 Å². The van der Waals surface area contributed by atoms with Crippen molar-refractivity contribution in [1.82, 2.24) is 10.3 Å². The number of hydrogen-bond acceptors (Lipinski definition) is 3. The summed E-state index contributed by atoms with van der Waals surface area (Å²) in [4.78, 5) is 24.6. The number of hydrogen-bond donors (Lipinski definition) is 3. The van der Waals surface area contributed by atoms with E-state index in [0.717, 1.165) is 31.1 Å². The van der Waals surface area contributed by atoms with Crippen molar-refractivity contribution in [3.63, 3.8) is 0 Å². The highest BCUT2D eigenvalue weighted by Crippen LogP contribution is 2.21. The lowest BCUT2D eigenvalue weighted by Crippen LogP contribution is -2.21. The molecule has 1 aliphatic heterocycles. The van der Waals surface area contributed by atoms with Gasteiger partial charge in [0.25, 0.3) is 0 Å². The van der Waals surface area contributed by atoms with Crippen LogP contribution < -0.4 is 10.9 Å². The second-order valence-electron chi connectivity index (χ2n) is 3.61. The van der Waals surface area contributed by atoms with E-state index in [4.69, 9.17) is 5.11 Å². The predicted molar refractivity (Wildman–Crippen MR) is 59.5 cm³/mol. The number of aromatic nitrogens is 1. The topological polar surface area (TPSA) is 82.2 Å². The van der Waals surface area contributed by atoms with Crippen molar-refractivity contribution in [3.05, 3.63) is 39.8 Å². The number of carboxylic acids is 1. The van der Waals surface area contributed by atoms with Crippen molar-refractivity contribution < 1.29 is 9.90 Å². The molecule has 2 rings (SSSR count). The van der Waals surface area contributed by atoms with Gasteiger partial charge in [0, 0.05) is 24.4 Å². The molecule has 84 valence electrons. The number of pyridine rings is 1. The smallest absolute Gasteiger partial charge is 0.336 e. The van der Waals surface area contributed by atoms with Crippen LogP contribution in [0.15, 0.2) is 23.1 Å². The van der Waals surface area contributed by atoms with Crippen molar-refractivity contribution >= 4 is 11.5 Å². The monoisotopic (exact) mass is 220 g/mol. The molecule has 0 radical (unpaired) electrons. The van der Waals surface area contributed by atoms with Crippen LogP contribution in [-0.4, -0.2) is 29.1 Å². The molecule has 0 atom stereocenters. The summed E-state index contributed by atoms with van der Waals surface area (Å²) >= 11 is 0. The highest BCUT2D eigenvalue weighted by Gasteiger charge is 2.15. The largest absolute Gasteiger partial charge is 0.478 e. The zero-order valence-corrected chi connectivity index (χ0v) is 8.62. The molecular weight excluding hydrogens is 208 g/mol. The molecule has 1 aliphatic rings. The highest BCUT2D eigenvalue weighted by molar-refractivity contribution is 5.93. The maximum Gasteiger partial charge on any atom is 0.336 e. The van der Waals surface area contributed by atoms with Crippen molar-refractivity contribution in [1.29, 1.82) is 0 Å². The van der Waals surface area contributed by atoms with Gasteiger partial charge in [0.15, 0.2) is 0 Å². The van der Waals surface area contributed by atoms with Crippen molar-refractivity contribution in [2.24, 2.45) is 0 Å². The summed E-state index contributed by atoms with van der Waals surface area (Å²) in [5.74, 6) is -1.07. The number of aromatic carboxylic acids is 1. The van der Waals surface area contributed by atoms with Crippen LogP contribution in [0.3, 0.4) is 0 Å². The van der Waals surface area contributed by atoms with E-state index >= 15 is 0 Å². The molecule has 0 saturated heterocycles. The molecule has 1 aromatic rings. The molecule has 0 saturated carbocycles. The Morgan fingerprint density at radius 3 is 2.88 bits per heavy atom. The average Bonchev–Trinajstić information content (AvgIpc) is 2.30. The number of carbonyl (C=O) groups is 1. The minimum Gasteiger partial charge on any atom is -0.478 e. The van der Waals surface area contributed by atoms with Crippen LogP contribution in [0.5, 0.6) is 0 Å². The van der Waals surface area contributed by atoms with Gasteiger partial charge < -0.3 is 15.4 Å². The van der Waals surface area contributed by atoms with Crippen LogP contribution in [0.1, 0.15) is 22.3 Å². The Labute approximate surface area is 91.8 Å². The van der Waals surface area contributed by atoms with Gasteiger partial charge in [0.2, 0.25) is 5.56 Å². The van der Waals surface area contributed by atoms with E-state index in [9.17, 15) is 9.59 Å². The maximum absolute atomic E-state index is 11.1. The van der Waals surface area contributed by atoms with Crippen LogP contribution in [0.25, 0.3) is 5.57 Å². The molecule has 16 heavy (non-hydrogen) atoms. The lowest BCUT2D eigenvalue weighted by atomic mass is 9.97. The SMILES string of the molecule is O=C(O)c1cc(=O)[nH]cc1C1=CCNCC1. The van der Waals surface area contributed by atoms with E-state index in [0.29, 0.717) is 5.56 Å². The first-order valence-corrected chi connectivity index (χ1v) is 5.04. The molecule has 0 aromatic carbocycles. The summed E-state index contributed by atoms with van der Waals surface area (Å²) in [6, 6.07) is 1.13. The second-order valence-corrected chi connectivity index (χ2v) is 3.61. The summed E-state index contributed by atoms with van der Waals surface area (Å²) in [6.45, 7) is 1.55. The number of aromatic amines is 1. The molecule has 0 spiro atoms. The van der Waals surface area contributed by atoms with Gasteiger partial charge in [-0.3, -0.25) is 4.79 Å².